The molecule has 1 saturated carbocycles. The quantitative estimate of drug-likeness (QED) is 0.914. The Morgan fingerprint density at radius 2 is 2.32 bits per heavy atom. The molecule has 1 aliphatic rings. The molecule has 2 N–H and O–H groups in total. The zero-order valence-corrected chi connectivity index (χ0v) is 12.9. The van der Waals surface area contributed by atoms with E-state index in [1.165, 1.54) is 22.6 Å². The van der Waals surface area contributed by atoms with Crippen molar-refractivity contribution < 1.29 is 0 Å². The molecule has 0 radical (unpaired) electrons. The number of rotatable bonds is 5. The predicted molar refractivity (Wildman–Crippen MR) is 83.0 cm³/mol. The molecule has 0 aliphatic heterocycles. The maximum Gasteiger partial charge on any atom is 0.186 e. The molecule has 19 heavy (non-hydrogen) atoms. The normalized spacial score (nSPS) is 16.6. The van der Waals surface area contributed by atoms with Gasteiger partial charge in [-0.25, -0.2) is 4.98 Å². The molecule has 2 aromatic heterocycles. The lowest BCUT2D eigenvalue weighted by Gasteiger charge is -2.20. The van der Waals surface area contributed by atoms with Gasteiger partial charge < -0.3 is 10.6 Å². The van der Waals surface area contributed by atoms with Gasteiger partial charge in [0.15, 0.2) is 5.13 Å². The Kier molecular flexibility index (Phi) is 3.60. The van der Waals surface area contributed by atoms with Crippen molar-refractivity contribution in [2.24, 2.45) is 5.73 Å². The summed E-state index contributed by atoms with van der Waals surface area (Å²) in [4.78, 5) is 9.82. The van der Waals surface area contributed by atoms with Crippen molar-refractivity contribution in [2.75, 3.05) is 4.90 Å². The van der Waals surface area contributed by atoms with Gasteiger partial charge in [-0.2, -0.15) is 0 Å². The zero-order valence-electron chi connectivity index (χ0n) is 11.3. The molecule has 1 atom stereocenters. The highest BCUT2D eigenvalue weighted by Gasteiger charge is 2.31. The fourth-order valence-corrected chi connectivity index (χ4v) is 4.04. The van der Waals surface area contributed by atoms with Crippen molar-refractivity contribution in [3.8, 4) is 0 Å². The van der Waals surface area contributed by atoms with Gasteiger partial charge in [-0.1, -0.05) is 6.07 Å². The van der Waals surface area contributed by atoms with Crippen molar-refractivity contribution in [3.05, 3.63) is 33.0 Å². The minimum atomic E-state index is 0.0778. The van der Waals surface area contributed by atoms with Gasteiger partial charge >= 0.3 is 0 Å². The number of nitrogens with zero attached hydrogens (tertiary/aromatic N) is 2. The van der Waals surface area contributed by atoms with E-state index < -0.39 is 0 Å². The van der Waals surface area contributed by atoms with Crippen molar-refractivity contribution in [1.82, 2.24) is 4.98 Å². The predicted octanol–water partition coefficient (Wildman–Crippen LogP) is 3.70. The number of hydrogen-bond donors (Lipinski definition) is 1. The van der Waals surface area contributed by atoms with Crippen LogP contribution in [0.1, 0.15) is 41.3 Å². The van der Waals surface area contributed by atoms with Crippen LogP contribution in [0.5, 0.6) is 0 Å². The molecule has 2 heterocycles. The highest BCUT2D eigenvalue weighted by atomic mass is 32.1. The summed E-state index contributed by atoms with van der Waals surface area (Å²) in [5, 5.41) is 3.28. The van der Waals surface area contributed by atoms with Gasteiger partial charge in [0.25, 0.3) is 0 Å². The third kappa shape index (κ3) is 2.83. The monoisotopic (exact) mass is 293 g/mol. The van der Waals surface area contributed by atoms with Crippen LogP contribution in [0.15, 0.2) is 17.5 Å². The molecule has 1 aliphatic carbocycles. The highest BCUT2D eigenvalue weighted by Crippen LogP contribution is 2.38. The smallest absolute Gasteiger partial charge is 0.186 e. The summed E-state index contributed by atoms with van der Waals surface area (Å²) in [6.07, 6.45) is 2.58. The average molecular weight is 293 g/mol. The first kappa shape index (κ1) is 13.1. The van der Waals surface area contributed by atoms with Crippen LogP contribution in [0.2, 0.25) is 0 Å². The molecule has 1 fully saturated rings. The van der Waals surface area contributed by atoms with E-state index in [2.05, 4.69) is 29.3 Å². The van der Waals surface area contributed by atoms with E-state index in [9.17, 15) is 0 Å². The number of nitrogens with two attached hydrogens (primary N) is 1. The van der Waals surface area contributed by atoms with Gasteiger partial charge in [-0.15, -0.1) is 22.7 Å². The van der Waals surface area contributed by atoms with Crippen LogP contribution in [0.25, 0.3) is 0 Å². The molecule has 102 valence electrons. The van der Waals surface area contributed by atoms with E-state index in [-0.39, 0.29) is 6.04 Å². The number of anilines is 1. The summed E-state index contributed by atoms with van der Waals surface area (Å²) < 4.78 is 0. The topological polar surface area (TPSA) is 42.2 Å². The van der Waals surface area contributed by atoms with Crippen LogP contribution in [-0.4, -0.2) is 11.0 Å². The van der Waals surface area contributed by atoms with Gasteiger partial charge in [-0.3, -0.25) is 0 Å². The first-order valence-corrected chi connectivity index (χ1v) is 8.36. The maximum absolute atomic E-state index is 6.01. The Bertz CT molecular complexity index is 541. The summed E-state index contributed by atoms with van der Waals surface area (Å²) in [5.74, 6) is 0. The number of hydrogen-bond acceptors (Lipinski definition) is 5. The maximum atomic E-state index is 6.01. The van der Waals surface area contributed by atoms with E-state index in [4.69, 9.17) is 10.7 Å². The molecule has 1 unspecified atom stereocenters. The van der Waals surface area contributed by atoms with Gasteiger partial charge in [0.1, 0.15) is 0 Å². The molecular formula is C14H19N3S2. The number of aromatic nitrogens is 1. The number of thiazole rings is 1. The van der Waals surface area contributed by atoms with Crippen molar-refractivity contribution in [2.45, 2.75) is 45.3 Å². The molecule has 5 heteroatoms. The lowest BCUT2D eigenvalue weighted by atomic mass is 10.2. The first-order valence-electron chi connectivity index (χ1n) is 6.67. The second-order valence-electron chi connectivity index (χ2n) is 5.17. The third-order valence-corrected chi connectivity index (χ3v) is 5.63. The second-order valence-corrected chi connectivity index (χ2v) is 7.21. The highest BCUT2D eigenvalue weighted by molar-refractivity contribution is 7.15. The second kappa shape index (κ2) is 5.23. The largest absolute Gasteiger partial charge is 0.340 e. The Hall–Kier alpha value is -0.910. The Labute approximate surface area is 122 Å². The van der Waals surface area contributed by atoms with Crippen LogP contribution in [0.4, 0.5) is 5.13 Å². The van der Waals surface area contributed by atoms with Gasteiger partial charge in [0.2, 0.25) is 0 Å². The summed E-state index contributed by atoms with van der Waals surface area (Å²) in [6.45, 7) is 5.08. The Balaban J connectivity index is 1.85. The lowest BCUT2D eigenvalue weighted by Crippen LogP contribution is -2.24. The van der Waals surface area contributed by atoms with Crippen LogP contribution in [0, 0.1) is 6.92 Å². The zero-order chi connectivity index (χ0) is 13.4. The molecule has 0 aromatic carbocycles. The fourth-order valence-electron chi connectivity index (χ4n) is 2.25. The van der Waals surface area contributed by atoms with Gasteiger partial charge in [-0.05, 0) is 38.1 Å². The van der Waals surface area contributed by atoms with Crippen molar-refractivity contribution >= 4 is 27.8 Å². The van der Waals surface area contributed by atoms with Crippen molar-refractivity contribution in [3.63, 3.8) is 0 Å². The number of aryl methyl sites for hydroxylation is 1. The Morgan fingerprint density at radius 1 is 1.53 bits per heavy atom. The van der Waals surface area contributed by atoms with Crippen LogP contribution >= 0.6 is 22.7 Å². The summed E-state index contributed by atoms with van der Waals surface area (Å²) in [7, 11) is 0. The summed E-state index contributed by atoms with van der Waals surface area (Å²) >= 11 is 3.58. The average Bonchev–Trinajstić information content (AvgIpc) is 2.93. The minimum absolute atomic E-state index is 0.0778. The van der Waals surface area contributed by atoms with Gasteiger partial charge in [0, 0.05) is 21.8 Å². The van der Waals surface area contributed by atoms with E-state index in [1.807, 2.05) is 18.3 Å². The molecule has 0 spiro atoms. The molecule has 0 saturated heterocycles. The molecular weight excluding hydrogens is 274 g/mol. The van der Waals surface area contributed by atoms with Crippen LogP contribution < -0.4 is 10.6 Å². The number of thiophene rings is 1. The molecule has 2 aromatic rings. The molecule has 3 rings (SSSR count). The minimum Gasteiger partial charge on any atom is -0.340 e. The first-order chi connectivity index (χ1) is 9.15. The summed E-state index contributed by atoms with van der Waals surface area (Å²) in [6, 6.07) is 5.07. The van der Waals surface area contributed by atoms with E-state index >= 15 is 0 Å². The van der Waals surface area contributed by atoms with Crippen LogP contribution in [0.3, 0.4) is 0 Å². The summed E-state index contributed by atoms with van der Waals surface area (Å²) in [5.41, 5.74) is 7.10. The lowest BCUT2D eigenvalue weighted by molar-refractivity contribution is 0.794. The molecule has 3 nitrogen and oxygen atoms in total. The third-order valence-electron chi connectivity index (χ3n) is 3.37. The van der Waals surface area contributed by atoms with E-state index in [0.717, 1.165) is 17.4 Å². The molecule has 0 amide bonds. The van der Waals surface area contributed by atoms with E-state index in [1.54, 1.807) is 11.3 Å². The van der Waals surface area contributed by atoms with E-state index in [0.29, 0.717) is 6.04 Å². The molecule has 0 bridgehead atoms. The fraction of sp³-hybridized carbons (Fsp3) is 0.500. The SMILES string of the molecule is Cc1nc(N(Cc2cccs2)C2CC2)sc1C(C)N. The Morgan fingerprint density at radius 3 is 2.84 bits per heavy atom. The van der Waals surface area contributed by atoms with Crippen LogP contribution in [-0.2, 0) is 6.54 Å². The standard InChI is InChI=1S/C14H19N3S2/c1-9(15)13-10(2)16-14(19-13)17(11-5-6-11)8-12-4-3-7-18-12/h3-4,7,9,11H,5-6,8,15H2,1-2H3. The van der Waals surface area contributed by atoms with Crippen molar-refractivity contribution in [1.29, 1.82) is 0 Å². The van der Waals surface area contributed by atoms with Gasteiger partial charge in [0.05, 0.1) is 12.2 Å².